The van der Waals surface area contributed by atoms with Gasteiger partial charge in [-0.15, -0.1) is 0 Å². The van der Waals surface area contributed by atoms with E-state index in [0.29, 0.717) is 21.2 Å². The smallest absolute Gasteiger partial charge is 0.241 e. The second kappa shape index (κ2) is 10.1. The molecular weight excluding hydrogens is 508 g/mol. The third-order valence-corrected chi connectivity index (χ3v) is 10.9. The normalized spacial score (nSPS) is 12.9. The molecule has 0 fully saturated rings. The molecule has 4 rings (SSSR count). The lowest BCUT2D eigenvalue weighted by Crippen LogP contribution is -2.34. The summed E-state index contributed by atoms with van der Waals surface area (Å²) >= 11 is 12.7. The standard InChI is InChI=1S/C26H22Cl2NO3PS/c1-19-12-15-23(16-13-19)34(31,32)29-26(24-17-14-20(27)18-25(24)28)33(30,21-8-4-2-5-9-21)22-10-6-3-7-11-22/h2-18,26,29H,1H3/t26-/m1/s1. The molecule has 0 aliphatic carbocycles. The van der Waals surface area contributed by atoms with Gasteiger partial charge in [0.15, 0.2) is 7.14 Å². The molecule has 174 valence electrons. The van der Waals surface area contributed by atoms with Gasteiger partial charge in [-0.2, -0.15) is 4.72 Å². The van der Waals surface area contributed by atoms with Gasteiger partial charge in [0.2, 0.25) is 10.0 Å². The van der Waals surface area contributed by atoms with Crippen LogP contribution in [0.2, 0.25) is 10.0 Å². The summed E-state index contributed by atoms with van der Waals surface area (Å²) in [5.74, 6) is -1.17. The van der Waals surface area contributed by atoms with Gasteiger partial charge >= 0.3 is 0 Å². The van der Waals surface area contributed by atoms with Crippen molar-refractivity contribution in [3.8, 4) is 0 Å². The van der Waals surface area contributed by atoms with Gasteiger partial charge in [-0.05, 0) is 36.8 Å². The SMILES string of the molecule is Cc1ccc(S(=O)(=O)N[C@@H](c2ccc(Cl)cc2Cl)P(=O)(c2ccccc2)c2ccccc2)cc1. The predicted octanol–water partition coefficient (Wildman–Crippen LogP) is 6.29. The summed E-state index contributed by atoms with van der Waals surface area (Å²) in [5.41, 5.74) is 1.30. The van der Waals surface area contributed by atoms with E-state index in [1.807, 2.05) is 19.1 Å². The van der Waals surface area contributed by atoms with Gasteiger partial charge in [0, 0.05) is 20.7 Å². The van der Waals surface area contributed by atoms with Crippen LogP contribution in [0.5, 0.6) is 0 Å². The van der Waals surface area contributed by atoms with E-state index in [0.717, 1.165) is 5.56 Å². The first-order valence-corrected chi connectivity index (χ1v) is 14.5. The Kier molecular flexibility index (Phi) is 7.32. The average molecular weight is 530 g/mol. The first-order valence-electron chi connectivity index (χ1n) is 10.5. The molecule has 1 atom stereocenters. The molecule has 4 aromatic carbocycles. The second-order valence-electron chi connectivity index (χ2n) is 7.83. The van der Waals surface area contributed by atoms with Crippen molar-refractivity contribution in [2.24, 2.45) is 0 Å². The van der Waals surface area contributed by atoms with Crippen LogP contribution in [0.4, 0.5) is 0 Å². The maximum atomic E-state index is 15.1. The molecule has 8 heteroatoms. The highest BCUT2D eigenvalue weighted by Crippen LogP contribution is 2.57. The first kappa shape index (κ1) is 24.7. The Morgan fingerprint density at radius 1 is 0.765 bits per heavy atom. The fourth-order valence-corrected chi connectivity index (χ4v) is 9.13. The highest BCUT2D eigenvalue weighted by molar-refractivity contribution is 7.90. The molecule has 0 spiro atoms. The zero-order valence-corrected chi connectivity index (χ0v) is 21.5. The van der Waals surface area contributed by atoms with Crippen molar-refractivity contribution in [1.29, 1.82) is 0 Å². The van der Waals surface area contributed by atoms with Crippen molar-refractivity contribution in [1.82, 2.24) is 4.72 Å². The molecule has 0 bridgehead atoms. The minimum Gasteiger partial charge on any atom is -0.312 e. The van der Waals surface area contributed by atoms with Crippen LogP contribution in [0.15, 0.2) is 108 Å². The first-order chi connectivity index (χ1) is 16.2. The van der Waals surface area contributed by atoms with Crippen LogP contribution < -0.4 is 15.3 Å². The highest BCUT2D eigenvalue weighted by Gasteiger charge is 2.41. The average Bonchev–Trinajstić information content (AvgIpc) is 2.84. The molecule has 0 saturated heterocycles. The Labute approximate surface area is 210 Å². The Morgan fingerprint density at radius 3 is 1.79 bits per heavy atom. The number of aryl methyl sites for hydroxylation is 1. The van der Waals surface area contributed by atoms with Crippen LogP contribution in [0, 0.1) is 6.92 Å². The van der Waals surface area contributed by atoms with Gasteiger partial charge < -0.3 is 4.57 Å². The predicted molar refractivity (Wildman–Crippen MR) is 140 cm³/mol. The monoisotopic (exact) mass is 529 g/mol. The van der Waals surface area contributed by atoms with Crippen LogP contribution >= 0.6 is 30.3 Å². The topological polar surface area (TPSA) is 63.2 Å². The quantitative estimate of drug-likeness (QED) is 0.286. The molecule has 0 amide bonds. The van der Waals surface area contributed by atoms with E-state index in [9.17, 15) is 8.42 Å². The summed E-state index contributed by atoms with van der Waals surface area (Å²) in [4.78, 5) is 0.0702. The second-order valence-corrected chi connectivity index (χ2v) is 13.3. The highest BCUT2D eigenvalue weighted by atomic mass is 35.5. The van der Waals surface area contributed by atoms with Crippen molar-refractivity contribution in [2.75, 3.05) is 0 Å². The lowest BCUT2D eigenvalue weighted by molar-refractivity contribution is 0.560. The Balaban J connectivity index is 1.97. The summed E-state index contributed by atoms with van der Waals surface area (Å²) in [5, 5.41) is 1.62. The van der Waals surface area contributed by atoms with Crippen LogP contribution in [0.3, 0.4) is 0 Å². The van der Waals surface area contributed by atoms with Crippen LogP contribution in [-0.4, -0.2) is 8.42 Å². The minimum absolute atomic E-state index is 0.0702. The van der Waals surface area contributed by atoms with Gasteiger partial charge in [0.1, 0.15) is 5.78 Å². The van der Waals surface area contributed by atoms with E-state index in [-0.39, 0.29) is 9.92 Å². The summed E-state index contributed by atoms with van der Waals surface area (Å²) in [7, 11) is -7.71. The van der Waals surface area contributed by atoms with E-state index in [1.165, 1.54) is 18.2 Å². The summed E-state index contributed by atoms with van der Waals surface area (Å²) in [6.07, 6.45) is 0. The molecule has 0 unspecified atom stereocenters. The number of nitrogens with one attached hydrogen (secondary N) is 1. The van der Waals surface area contributed by atoms with Crippen molar-refractivity contribution in [3.63, 3.8) is 0 Å². The van der Waals surface area contributed by atoms with E-state index in [2.05, 4.69) is 4.72 Å². The Bertz CT molecular complexity index is 1400. The van der Waals surface area contributed by atoms with E-state index in [4.69, 9.17) is 23.2 Å². The minimum atomic E-state index is -4.06. The maximum Gasteiger partial charge on any atom is 0.241 e. The van der Waals surface area contributed by atoms with Crippen LogP contribution in [-0.2, 0) is 14.6 Å². The van der Waals surface area contributed by atoms with Gasteiger partial charge in [-0.3, -0.25) is 0 Å². The van der Waals surface area contributed by atoms with Gasteiger partial charge in [-0.1, -0.05) is 108 Å². The number of rotatable bonds is 7. The molecular formula is C26H22Cl2NO3PS. The molecule has 0 aliphatic heterocycles. The lowest BCUT2D eigenvalue weighted by atomic mass is 10.2. The number of hydrogen-bond donors (Lipinski definition) is 1. The van der Waals surface area contributed by atoms with Crippen molar-refractivity contribution >= 4 is 51.0 Å². The molecule has 0 radical (unpaired) electrons. The lowest BCUT2D eigenvalue weighted by Gasteiger charge is -2.30. The Hall–Kier alpha value is -2.40. The number of benzene rings is 4. The summed E-state index contributed by atoms with van der Waals surface area (Å²) in [6.45, 7) is 1.87. The van der Waals surface area contributed by atoms with Crippen molar-refractivity contribution in [3.05, 3.63) is 124 Å². The fourth-order valence-electron chi connectivity index (χ4n) is 3.74. The van der Waals surface area contributed by atoms with Gasteiger partial charge in [-0.25, -0.2) is 8.42 Å². The Morgan fingerprint density at radius 2 is 1.29 bits per heavy atom. The molecule has 4 nitrogen and oxygen atoms in total. The zero-order chi connectivity index (χ0) is 24.3. The van der Waals surface area contributed by atoms with E-state index >= 15 is 4.57 Å². The number of hydrogen-bond acceptors (Lipinski definition) is 3. The maximum absolute atomic E-state index is 15.1. The van der Waals surface area contributed by atoms with Crippen molar-refractivity contribution in [2.45, 2.75) is 17.6 Å². The van der Waals surface area contributed by atoms with Gasteiger partial charge in [0.25, 0.3) is 0 Å². The van der Waals surface area contributed by atoms with Gasteiger partial charge in [0.05, 0.1) is 4.90 Å². The largest absolute Gasteiger partial charge is 0.312 e. The van der Waals surface area contributed by atoms with Crippen molar-refractivity contribution < 1.29 is 13.0 Å². The molecule has 0 aromatic heterocycles. The van der Waals surface area contributed by atoms with Crippen LogP contribution in [0.25, 0.3) is 0 Å². The zero-order valence-electron chi connectivity index (χ0n) is 18.2. The van der Waals surface area contributed by atoms with E-state index < -0.39 is 22.9 Å². The summed E-state index contributed by atoms with van der Waals surface area (Å²) < 4.78 is 44.9. The molecule has 4 aromatic rings. The third-order valence-electron chi connectivity index (χ3n) is 5.50. The fraction of sp³-hybridized carbons (Fsp3) is 0.0769. The third kappa shape index (κ3) is 5.00. The molecule has 0 saturated carbocycles. The number of sulfonamides is 1. The van der Waals surface area contributed by atoms with Crippen LogP contribution in [0.1, 0.15) is 16.9 Å². The molecule has 34 heavy (non-hydrogen) atoms. The number of halogens is 2. The molecule has 0 aliphatic rings. The molecule has 1 N–H and O–H groups in total. The van der Waals surface area contributed by atoms with E-state index in [1.54, 1.807) is 72.8 Å². The summed E-state index contributed by atoms with van der Waals surface area (Å²) in [6, 6.07) is 28.9. The molecule has 0 heterocycles.